The van der Waals surface area contributed by atoms with E-state index in [4.69, 9.17) is 4.74 Å². The Morgan fingerprint density at radius 2 is 1.92 bits per heavy atom. The maximum absolute atomic E-state index is 13.0. The summed E-state index contributed by atoms with van der Waals surface area (Å²) in [6, 6.07) is 0. The van der Waals surface area contributed by atoms with E-state index in [0.717, 1.165) is 0 Å². The van der Waals surface area contributed by atoms with Crippen LogP contribution < -0.4 is 0 Å². The molecule has 70 valence electrons. The van der Waals surface area contributed by atoms with E-state index in [1.54, 1.807) is 13.2 Å². The molecule has 12 heavy (non-hydrogen) atoms. The van der Waals surface area contributed by atoms with Crippen molar-refractivity contribution < 1.29 is 9.13 Å². The van der Waals surface area contributed by atoms with Gasteiger partial charge in [0.15, 0.2) is 0 Å². The number of methoxy groups -OCH3 is 1. The highest BCUT2D eigenvalue weighted by molar-refractivity contribution is 5.29. The van der Waals surface area contributed by atoms with Crippen LogP contribution in [-0.2, 0) is 4.74 Å². The number of allylic oxidation sites excluding steroid dienone is 3. The minimum absolute atomic E-state index is 0.154. The molecule has 0 unspecified atom stereocenters. The topological polar surface area (TPSA) is 9.23 Å². The van der Waals surface area contributed by atoms with Gasteiger partial charge in [-0.2, -0.15) is 0 Å². The molecule has 0 aromatic carbocycles. The van der Waals surface area contributed by atoms with Gasteiger partial charge in [0.2, 0.25) is 0 Å². The van der Waals surface area contributed by atoms with Crippen LogP contribution in [0, 0.1) is 5.92 Å². The Morgan fingerprint density at radius 1 is 1.42 bits per heavy atom. The van der Waals surface area contributed by atoms with Crippen molar-refractivity contribution in [1.29, 1.82) is 0 Å². The summed E-state index contributed by atoms with van der Waals surface area (Å²) in [4.78, 5) is 0. The van der Waals surface area contributed by atoms with Crippen molar-refractivity contribution in [2.75, 3.05) is 7.11 Å². The first kappa shape index (κ1) is 11.2. The molecule has 0 spiro atoms. The fourth-order valence-corrected chi connectivity index (χ4v) is 1.24. The third kappa shape index (κ3) is 2.68. The smallest absolute Gasteiger partial charge is 0.120 e. The van der Waals surface area contributed by atoms with E-state index in [0.29, 0.717) is 11.3 Å². The van der Waals surface area contributed by atoms with Gasteiger partial charge in [0, 0.05) is 5.57 Å². The summed E-state index contributed by atoms with van der Waals surface area (Å²) >= 11 is 0. The van der Waals surface area contributed by atoms with Crippen LogP contribution in [0.15, 0.2) is 23.2 Å². The third-order valence-electron chi connectivity index (χ3n) is 1.70. The molecule has 0 aliphatic carbocycles. The Morgan fingerprint density at radius 3 is 2.00 bits per heavy atom. The summed E-state index contributed by atoms with van der Waals surface area (Å²) in [5, 5.41) is 0. The Kier molecular flexibility index (Phi) is 4.64. The van der Waals surface area contributed by atoms with Gasteiger partial charge >= 0.3 is 0 Å². The van der Waals surface area contributed by atoms with Gasteiger partial charge in [-0.25, -0.2) is 4.39 Å². The predicted octanol–water partition coefficient (Wildman–Crippen LogP) is 3.44. The molecule has 0 N–H and O–H groups in total. The number of halogens is 1. The molecule has 1 nitrogen and oxygen atoms in total. The summed E-state index contributed by atoms with van der Waals surface area (Å²) in [5.74, 6) is 0.617. The van der Waals surface area contributed by atoms with Crippen LogP contribution in [0.5, 0.6) is 0 Å². The van der Waals surface area contributed by atoms with E-state index in [-0.39, 0.29) is 11.7 Å². The maximum Gasteiger partial charge on any atom is 0.120 e. The SMILES string of the molecule is C/C=C(OC)/C(=C(\C)F)C(C)C. The monoisotopic (exact) mass is 172 g/mol. The average molecular weight is 172 g/mol. The second-order valence-electron chi connectivity index (χ2n) is 2.96. The molecule has 0 saturated heterocycles. The molecule has 2 heteroatoms. The lowest BCUT2D eigenvalue weighted by Gasteiger charge is -2.14. The van der Waals surface area contributed by atoms with Crippen molar-refractivity contribution in [2.24, 2.45) is 5.92 Å². The number of hydrogen-bond acceptors (Lipinski definition) is 1. The molecular weight excluding hydrogens is 155 g/mol. The zero-order chi connectivity index (χ0) is 9.72. The predicted molar refractivity (Wildman–Crippen MR) is 49.4 cm³/mol. The molecule has 0 heterocycles. The van der Waals surface area contributed by atoms with Gasteiger partial charge < -0.3 is 4.74 Å². The molecule has 0 fully saturated rings. The second-order valence-corrected chi connectivity index (χ2v) is 2.96. The highest BCUT2D eigenvalue weighted by Crippen LogP contribution is 2.24. The summed E-state index contributed by atoms with van der Waals surface area (Å²) in [6.07, 6.45) is 1.78. The molecule has 0 aliphatic rings. The Hall–Kier alpha value is -0.790. The molecule has 0 amide bonds. The van der Waals surface area contributed by atoms with Crippen LogP contribution in [0.2, 0.25) is 0 Å². The average Bonchev–Trinajstić information content (AvgIpc) is 1.98. The van der Waals surface area contributed by atoms with Crippen LogP contribution in [0.4, 0.5) is 4.39 Å². The van der Waals surface area contributed by atoms with Crippen molar-refractivity contribution in [3.05, 3.63) is 23.2 Å². The van der Waals surface area contributed by atoms with Crippen LogP contribution in [0.1, 0.15) is 27.7 Å². The van der Waals surface area contributed by atoms with E-state index < -0.39 is 0 Å². The zero-order valence-corrected chi connectivity index (χ0v) is 8.44. The molecule has 0 radical (unpaired) electrons. The molecule has 0 saturated carbocycles. The molecular formula is C10H17FO. The summed E-state index contributed by atoms with van der Waals surface area (Å²) in [7, 11) is 1.56. The molecule has 0 atom stereocenters. The van der Waals surface area contributed by atoms with Crippen LogP contribution in [-0.4, -0.2) is 7.11 Å². The minimum atomic E-state index is -0.167. The second kappa shape index (κ2) is 4.96. The van der Waals surface area contributed by atoms with E-state index in [1.807, 2.05) is 20.8 Å². The summed E-state index contributed by atoms with van der Waals surface area (Å²) in [5.41, 5.74) is 0.653. The Labute approximate surface area is 73.9 Å². The van der Waals surface area contributed by atoms with Crippen molar-refractivity contribution in [3.63, 3.8) is 0 Å². The van der Waals surface area contributed by atoms with Crippen molar-refractivity contribution in [1.82, 2.24) is 0 Å². The van der Waals surface area contributed by atoms with Gasteiger partial charge in [-0.05, 0) is 25.8 Å². The Bertz CT molecular complexity index is 198. The maximum atomic E-state index is 13.0. The summed E-state index contributed by atoms with van der Waals surface area (Å²) in [6.45, 7) is 7.18. The number of hydrogen-bond donors (Lipinski definition) is 0. The lowest BCUT2D eigenvalue weighted by Crippen LogP contribution is -2.01. The highest BCUT2D eigenvalue weighted by Gasteiger charge is 2.12. The lowest BCUT2D eigenvalue weighted by molar-refractivity contribution is 0.290. The van der Waals surface area contributed by atoms with Gasteiger partial charge in [-0.3, -0.25) is 0 Å². The molecule has 0 aliphatic heterocycles. The molecule has 0 aromatic rings. The van der Waals surface area contributed by atoms with Crippen LogP contribution in [0.3, 0.4) is 0 Å². The van der Waals surface area contributed by atoms with Gasteiger partial charge in [0.25, 0.3) is 0 Å². The molecule has 0 bridgehead atoms. The largest absolute Gasteiger partial charge is 0.497 e. The summed E-state index contributed by atoms with van der Waals surface area (Å²) < 4.78 is 18.0. The van der Waals surface area contributed by atoms with E-state index in [1.165, 1.54) is 6.92 Å². The third-order valence-corrected chi connectivity index (χ3v) is 1.70. The standard InChI is InChI=1S/C10H17FO/c1-6-9(12-5)10(7(2)3)8(4)11/h6-7H,1-5H3/b9-6-,10-8+. The first-order valence-corrected chi connectivity index (χ1v) is 4.11. The van der Waals surface area contributed by atoms with Gasteiger partial charge in [-0.1, -0.05) is 13.8 Å². The Balaban J connectivity index is 4.89. The molecule has 0 aromatic heterocycles. The number of rotatable bonds is 3. The zero-order valence-electron chi connectivity index (χ0n) is 8.44. The van der Waals surface area contributed by atoms with Crippen LogP contribution >= 0.6 is 0 Å². The van der Waals surface area contributed by atoms with Crippen LogP contribution in [0.25, 0.3) is 0 Å². The normalized spacial score (nSPS) is 14.8. The van der Waals surface area contributed by atoms with Crippen molar-refractivity contribution in [3.8, 4) is 0 Å². The number of ether oxygens (including phenoxy) is 1. The van der Waals surface area contributed by atoms with Crippen molar-refractivity contribution in [2.45, 2.75) is 27.7 Å². The first-order chi connectivity index (χ1) is 5.54. The highest BCUT2D eigenvalue weighted by atomic mass is 19.1. The van der Waals surface area contributed by atoms with E-state index in [9.17, 15) is 4.39 Å². The van der Waals surface area contributed by atoms with Gasteiger partial charge in [0.1, 0.15) is 11.6 Å². The first-order valence-electron chi connectivity index (χ1n) is 4.11. The minimum Gasteiger partial charge on any atom is -0.497 e. The van der Waals surface area contributed by atoms with E-state index >= 15 is 0 Å². The van der Waals surface area contributed by atoms with Gasteiger partial charge in [0.05, 0.1) is 7.11 Å². The fraction of sp³-hybridized carbons (Fsp3) is 0.600. The van der Waals surface area contributed by atoms with E-state index in [2.05, 4.69) is 0 Å². The fourth-order valence-electron chi connectivity index (χ4n) is 1.24. The molecule has 0 rings (SSSR count). The lowest BCUT2D eigenvalue weighted by atomic mass is 10.0. The quantitative estimate of drug-likeness (QED) is 0.468. The van der Waals surface area contributed by atoms with Gasteiger partial charge in [-0.15, -0.1) is 0 Å². The van der Waals surface area contributed by atoms with Crippen molar-refractivity contribution >= 4 is 0 Å².